The second-order valence-electron chi connectivity index (χ2n) is 6.86. The summed E-state index contributed by atoms with van der Waals surface area (Å²) in [6, 6.07) is 9.41. The highest BCUT2D eigenvalue weighted by atomic mass is 35.5. The van der Waals surface area contributed by atoms with Crippen LogP contribution in [0.4, 0.5) is 27.5 Å². The van der Waals surface area contributed by atoms with Crippen LogP contribution in [0.3, 0.4) is 0 Å². The van der Waals surface area contributed by atoms with E-state index in [1.54, 1.807) is 6.20 Å². The molecule has 3 aromatic rings. The number of anilines is 4. The Hall–Kier alpha value is -3.30. The summed E-state index contributed by atoms with van der Waals surface area (Å²) >= 11 is 6.25. The Morgan fingerprint density at radius 2 is 2.00 bits per heavy atom. The molecule has 0 spiro atoms. The van der Waals surface area contributed by atoms with Crippen molar-refractivity contribution in [3.8, 4) is 0 Å². The third-order valence-electron chi connectivity index (χ3n) is 4.68. The van der Waals surface area contributed by atoms with Gasteiger partial charge >= 0.3 is 0 Å². The fourth-order valence-corrected chi connectivity index (χ4v) is 3.32. The highest BCUT2D eigenvalue weighted by Gasteiger charge is 2.17. The molecule has 10 heteroatoms. The molecule has 1 aliphatic rings. The number of hydrazone groups is 1. The van der Waals surface area contributed by atoms with Crippen molar-refractivity contribution in [3.63, 3.8) is 0 Å². The van der Waals surface area contributed by atoms with Crippen molar-refractivity contribution in [3.05, 3.63) is 64.8 Å². The lowest BCUT2D eigenvalue weighted by Gasteiger charge is -2.27. The average Bonchev–Trinajstić information content (AvgIpc) is 2.79. The minimum absolute atomic E-state index is 0.201. The van der Waals surface area contributed by atoms with Crippen molar-refractivity contribution < 1.29 is 9.13 Å². The molecular formula is C21H21ClFN7O. The Balaban J connectivity index is 1.39. The number of para-hydroxylation sites is 1. The summed E-state index contributed by atoms with van der Waals surface area (Å²) in [6.07, 6.45) is 4.35. The van der Waals surface area contributed by atoms with E-state index in [4.69, 9.17) is 16.3 Å². The minimum Gasteiger partial charge on any atom is -0.378 e. The third-order valence-corrected chi connectivity index (χ3v) is 4.99. The number of hydrogen-bond acceptors (Lipinski definition) is 8. The molecule has 1 saturated heterocycles. The summed E-state index contributed by atoms with van der Waals surface area (Å²) in [7, 11) is 0. The lowest BCUT2D eigenvalue weighted by Crippen LogP contribution is -2.37. The molecular weight excluding hydrogens is 421 g/mol. The van der Waals surface area contributed by atoms with Crippen LogP contribution >= 0.6 is 11.6 Å². The van der Waals surface area contributed by atoms with E-state index in [0.29, 0.717) is 37.0 Å². The molecule has 1 fully saturated rings. The van der Waals surface area contributed by atoms with Gasteiger partial charge in [-0.3, -0.25) is 4.98 Å². The van der Waals surface area contributed by atoms with Crippen molar-refractivity contribution in [2.75, 3.05) is 41.9 Å². The first-order valence-electron chi connectivity index (χ1n) is 9.72. The second kappa shape index (κ2) is 9.67. The molecule has 3 heterocycles. The Labute approximate surface area is 184 Å². The lowest BCUT2D eigenvalue weighted by atomic mass is 10.2. The zero-order chi connectivity index (χ0) is 21.6. The number of rotatable bonds is 6. The Morgan fingerprint density at radius 1 is 1.16 bits per heavy atom. The number of halogens is 2. The molecule has 0 radical (unpaired) electrons. The van der Waals surface area contributed by atoms with Gasteiger partial charge in [-0.15, -0.1) is 0 Å². The molecule has 0 unspecified atom stereocenters. The van der Waals surface area contributed by atoms with Gasteiger partial charge in [0.15, 0.2) is 11.6 Å². The van der Waals surface area contributed by atoms with Gasteiger partial charge in [0.25, 0.3) is 0 Å². The number of pyridine rings is 1. The number of hydrogen-bond donors (Lipinski definition) is 2. The van der Waals surface area contributed by atoms with E-state index in [0.717, 1.165) is 23.1 Å². The zero-order valence-electron chi connectivity index (χ0n) is 16.8. The topological polar surface area (TPSA) is 87.6 Å². The molecule has 0 saturated carbocycles. The van der Waals surface area contributed by atoms with E-state index in [-0.39, 0.29) is 11.8 Å². The van der Waals surface area contributed by atoms with E-state index in [1.807, 2.05) is 42.2 Å². The average molecular weight is 442 g/mol. The van der Waals surface area contributed by atoms with Gasteiger partial charge in [-0.05, 0) is 30.7 Å². The number of benzene rings is 1. The first-order chi connectivity index (χ1) is 15.1. The second-order valence-corrected chi connectivity index (χ2v) is 7.27. The highest BCUT2D eigenvalue weighted by Crippen LogP contribution is 2.28. The first-order valence-corrected chi connectivity index (χ1v) is 10.1. The van der Waals surface area contributed by atoms with Crippen LogP contribution in [-0.2, 0) is 4.74 Å². The van der Waals surface area contributed by atoms with Crippen molar-refractivity contribution in [1.29, 1.82) is 0 Å². The van der Waals surface area contributed by atoms with Crippen LogP contribution in [0.2, 0.25) is 5.02 Å². The van der Waals surface area contributed by atoms with E-state index in [1.165, 1.54) is 6.21 Å². The largest absolute Gasteiger partial charge is 0.378 e. The molecule has 31 heavy (non-hydrogen) atoms. The van der Waals surface area contributed by atoms with E-state index < -0.39 is 5.82 Å². The van der Waals surface area contributed by atoms with Gasteiger partial charge in [0.1, 0.15) is 0 Å². The molecule has 2 aromatic heterocycles. The smallest absolute Gasteiger partial charge is 0.245 e. The Morgan fingerprint density at radius 3 is 2.74 bits per heavy atom. The van der Waals surface area contributed by atoms with Gasteiger partial charge < -0.3 is 15.0 Å². The summed E-state index contributed by atoms with van der Waals surface area (Å²) in [6.45, 7) is 4.22. The lowest BCUT2D eigenvalue weighted by molar-refractivity contribution is 0.122. The maximum atomic E-state index is 14.1. The molecule has 0 aliphatic carbocycles. The van der Waals surface area contributed by atoms with Crippen molar-refractivity contribution >= 4 is 41.0 Å². The van der Waals surface area contributed by atoms with Gasteiger partial charge in [-0.2, -0.15) is 10.1 Å². The zero-order valence-corrected chi connectivity index (χ0v) is 17.6. The molecule has 4 rings (SSSR count). The van der Waals surface area contributed by atoms with Crippen LogP contribution < -0.4 is 15.6 Å². The maximum absolute atomic E-state index is 14.1. The van der Waals surface area contributed by atoms with Gasteiger partial charge in [0.05, 0.1) is 53.9 Å². The summed E-state index contributed by atoms with van der Waals surface area (Å²) < 4.78 is 19.4. The monoisotopic (exact) mass is 441 g/mol. The summed E-state index contributed by atoms with van der Waals surface area (Å²) in [5.41, 5.74) is 6.04. The number of nitrogens with zero attached hydrogens (tertiary/aromatic N) is 5. The van der Waals surface area contributed by atoms with E-state index in [2.05, 4.69) is 30.8 Å². The number of aryl methyl sites for hydroxylation is 1. The molecule has 1 aromatic carbocycles. The summed E-state index contributed by atoms with van der Waals surface area (Å²) in [5, 5.41) is 8.01. The maximum Gasteiger partial charge on any atom is 0.245 e. The predicted octanol–water partition coefficient (Wildman–Crippen LogP) is 4.00. The van der Waals surface area contributed by atoms with E-state index in [9.17, 15) is 4.39 Å². The van der Waals surface area contributed by atoms with Crippen LogP contribution in [0.1, 0.15) is 11.3 Å². The first kappa shape index (κ1) is 21.0. The molecule has 0 atom stereocenters. The van der Waals surface area contributed by atoms with Gasteiger partial charge in [-0.1, -0.05) is 23.7 Å². The predicted molar refractivity (Wildman–Crippen MR) is 120 cm³/mol. The standard InChI is InChI=1S/C21H21ClFN7O/c1-14-3-2-4-17(22)19(14)27-16-6-5-15(24-11-16)12-26-29-21-25-13-18(23)20(28-21)30-7-9-31-10-8-30/h2-6,11-13,27H,7-10H2,1H3,(H,25,28,29)/b26-12-. The number of nitrogens with one attached hydrogen (secondary N) is 2. The molecule has 8 nitrogen and oxygen atoms in total. The molecule has 0 amide bonds. The molecule has 1 aliphatic heterocycles. The third kappa shape index (κ3) is 5.25. The van der Waals surface area contributed by atoms with Crippen LogP contribution in [0.5, 0.6) is 0 Å². The normalized spacial score (nSPS) is 14.1. The molecule has 0 bridgehead atoms. The van der Waals surface area contributed by atoms with Crippen molar-refractivity contribution in [2.24, 2.45) is 5.10 Å². The number of aromatic nitrogens is 3. The van der Waals surface area contributed by atoms with Crippen molar-refractivity contribution in [2.45, 2.75) is 6.92 Å². The van der Waals surface area contributed by atoms with E-state index >= 15 is 0 Å². The van der Waals surface area contributed by atoms with Crippen LogP contribution in [0.25, 0.3) is 0 Å². The van der Waals surface area contributed by atoms with Gasteiger partial charge in [0.2, 0.25) is 5.95 Å². The van der Waals surface area contributed by atoms with Gasteiger partial charge in [-0.25, -0.2) is 14.8 Å². The fourth-order valence-electron chi connectivity index (χ4n) is 3.06. The minimum atomic E-state index is -0.477. The summed E-state index contributed by atoms with van der Waals surface area (Å²) in [5.74, 6) is -0.0408. The van der Waals surface area contributed by atoms with Crippen LogP contribution in [0, 0.1) is 12.7 Å². The van der Waals surface area contributed by atoms with Crippen LogP contribution in [0.15, 0.2) is 47.8 Å². The van der Waals surface area contributed by atoms with Crippen LogP contribution in [-0.4, -0.2) is 47.5 Å². The van der Waals surface area contributed by atoms with Gasteiger partial charge in [0, 0.05) is 13.1 Å². The van der Waals surface area contributed by atoms with Crippen molar-refractivity contribution in [1.82, 2.24) is 15.0 Å². The Kier molecular flexibility index (Phi) is 6.54. The number of morpholine rings is 1. The SMILES string of the molecule is Cc1cccc(Cl)c1Nc1ccc(/C=N\Nc2ncc(F)c(N3CCOCC3)n2)nc1. The summed E-state index contributed by atoms with van der Waals surface area (Å²) in [4.78, 5) is 14.3. The molecule has 160 valence electrons. The number of ether oxygens (including phenoxy) is 1. The molecule has 2 N–H and O–H groups in total. The highest BCUT2D eigenvalue weighted by molar-refractivity contribution is 6.33. The fraction of sp³-hybridized carbons (Fsp3) is 0.238. The Bertz CT molecular complexity index is 1050. The quantitative estimate of drug-likeness (QED) is 0.441.